The van der Waals surface area contributed by atoms with Crippen molar-refractivity contribution in [1.82, 2.24) is 0 Å². The first-order valence-electron chi connectivity index (χ1n) is 9.30. The Bertz CT molecular complexity index is 464. The number of aliphatic hydroxyl groups excluding tert-OH is 1. The van der Waals surface area contributed by atoms with Crippen molar-refractivity contribution in [3.63, 3.8) is 0 Å². The largest absolute Gasteiger partial charge is 0.469 e. The molecule has 1 unspecified atom stereocenters. The van der Waals surface area contributed by atoms with Crippen LogP contribution < -0.4 is 0 Å². The van der Waals surface area contributed by atoms with E-state index in [1.165, 1.54) is 7.11 Å². The number of hydrogen-bond acceptors (Lipinski definition) is 3. The molecule has 3 heteroatoms. The van der Waals surface area contributed by atoms with E-state index in [9.17, 15) is 9.90 Å². The number of aliphatic hydroxyl groups is 1. The second-order valence-electron chi connectivity index (χ2n) is 8.51. The fourth-order valence-corrected chi connectivity index (χ4v) is 4.66. The van der Waals surface area contributed by atoms with E-state index in [1.807, 2.05) is 6.92 Å². The van der Waals surface area contributed by atoms with Gasteiger partial charge in [0.05, 0.1) is 13.2 Å². The van der Waals surface area contributed by atoms with Gasteiger partial charge in [-0.1, -0.05) is 27.7 Å². The lowest BCUT2D eigenvalue weighted by Gasteiger charge is -2.57. The molecule has 24 heavy (non-hydrogen) atoms. The van der Waals surface area contributed by atoms with Crippen molar-refractivity contribution in [2.24, 2.45) is 28.6 Å². The van der Waals surface area contributed by atoms with Crippen LogP contribution in [-0.4, -0.2) is 24.3 Å². The van der Waals surface area contributed by atoms with Crippen molar-refractivity contribution in [1.29, 1.82) is 0 Å². The Labute approximate surface area is 148 Å². The monoisotopic (exact) mass is 336 g/mol. The maximum atomic E-state index is 11.5. The van der Waals surface area contributed by atoms with E-state index in [0.717, 1.165) is 25.7 Å². The fourth-order valence-electron chi connectivity index (χ4n) is 4.66. The predicted octanol–water partition coefficient (Wildman–Crippen LogP) is 4.43. The van der Waals surface area contributed by atoms with Gasteiger partial charge in [-0.3, -0.25) is 4.79 Å². The highest BCUT2D eigenvalue weighted by Crippen LogP contribution is 2.58. The van der Waals surface area contributed by atoms with E-state index in [1.54, 1.807) is 0 Å². The quantitative estimate of drug-likeness (QED) is 0.552. The molecule has 138 valence electrons. The summed E-state index contributed by atoms with van der Waals surface area (Å²) >= 11 is 0. The van der Waals surface area contributed by atoms with E-state index in [0.29, 0.717) is 30.6 Å². The summed E-state index contributed by atoms with van der Waals surface area (Å²) in [5, 5.41) is 10.5. The molecule has 1 rings (SSSR count). The number of carbonyl (C=O) groups excluding carboxylic acids is 1. The number of carbonyl (C=O) groups is 1. The summed E-state index contributed by atoms with van der Waals surface area (Å²) in [4.78, 5) is 11.5. The number of rotatable bonds is 7. The Hall–Kier alpha value is -1.01. The van der Waals surface area contributed by atoms with Crippen LogP contribution in [0.3, 0.4) is 0 Å². The van der Waals surface area contributed by atoms with Crippen LogP contribution >= 0.6 is 0 Å². The van der Waals surface area contributed by atoms with Crippen LogP contribution in [0.2, 0.25) is 0 Å². The zero-order valence-electron chi connectivity index (χ0n) is 16.4. The Balaban J connectivity index is 2.96. The molecule has 3 nitrogen and oxygen atoms in total. The van der Waals surface area contributed by atoms with Gasteiger partial charge >= 0.3 is 5.97 Å². The van der Waals surface area contributed by atoms with Gasteiger partial charge in [0.2, 0.25) is 0 Å². The summed E-state index contributed by atoms with van der Waals surface area (Å²) < 4.78 is 4.78. The average molecular weight is 337 g/mol. The van der Waals surface area contributed by atoms with Gasteiger partial charge in [-0.25, -0.2) is 0 Å². The van der Waals surface area contributed by atoms with E-state index in [-0.39, 0.29) is 22.9 Å². The number of ether oxygens (including phenoxy) is 1. The van der Waals surface area contributed by atoms with E-state index in [2.05, 4.69) is 33.6 Å². The van der Waals surface area contributed by atoms with Crippen molar-refractivity contribution in [3.8, 4) is 12.3 Å². The van der Waals surface area contributed by atoms with Crippen LogP contribution in [-0.2, 0) is 9.53 Å². The Kier molecular flexibility index (Phi) is 7.35. The molecule has 0 aromatic rings. The Morgan fingerprint density at radius 1 is 1.42 bits per heavy atom. The SMILES string of the molecule is C#CC[C@H]1[C@](C)([C@H](C)O)CC[C@@H](C)[C@]1(C)CCC(C)CC(=O)OC. The minimum absolute atomic E-state index is 0.0841. The first kappa shape index (κ1) is 21.0. The first-order valence-corrected chi connectivity index (χ1v) is 9.30. The molecule has 0 aliphatic heterocycles. The van der Waals surface area contributed by atoms with Gasteiger partial charge in [0.1, 0.15) is 0 Å². The zero-order chi connectivity index (χ0) is 18.5. The van der Waals surface area contributed by atoms with Crippen LogP contribution in [0.4, 0.5) is 0 Å². The van der Waals surface area contributed by atoms with Crippen molar-refractivity contribution in [2.75, 3.05) is 7.11 Å². The summed E-state index contributed by atoms with van der Waals surface area (Å²) in [7, 11) is 1.44. The number of methoxy groups -OCH3 is 1. The molecule has 0 spiro atoms. The molecule has 0 heterocycles. The van der Waals surface area contributed by atoms with Crippen molar-refractivity contribution >= 4 is 5.97 Å². The molecule has 0 aromatic carbocycles. The standard InChI is InChI=1S/C21H36O3/c1-8-9-18-20(5,12-10-15(2)14-19(23)24-7)16(3)11-13-21(18,6)17(4)22/h1,15-18,22H,9-14H2,2-7H3/t15?,16-,17+,18-,20+,21+/m1/s1. The molecule has 0 amide bonds. The van der Waals surface area contributed by atoms with E-state index in [4.69, 9.17) is 11.2 Å². The zero-order valence-corrected chi connectivity index (χ0v) is 16.4. The summed E-state index contributed by atoms with van der Waals surface area (Å²) in [6.45, 7) is 10.9. The summed E-state index contributed by atoms with van der Waals surface area (Å²) in [6, 6.07) is 0. The Morgan fingerprint density at radius 2 is 2.04 bits per heavy atom. The predicted molar refractivity (Wildman–Crippen MR) is 98.3 cm³/mol. The van der Waals surface area contributed by atoms with Crippen LogP contribution in [0.25, 0.3) is 0 Å². The normalized spacial score (nSPS) is 35.8. The van der Waals surface area contributed by atoms with Crippen LogP contribution in [0.15, 0.2) is 0 Å². The molecule has 6 atom stereocenters. The van der Waals surface area contributed by atoms with Gasteiger partial charge < -0.3 is 9.84 Å². The maximum Gasteiger partial charge on any atom is 0.305 e. The van der Waals surface area contributed by atoms with Gasteiger partial charge in [0.25, 0.3) is 0 Å². The molecule has 1 saturated carbocycles. The molecule has 0 radical (unpaired) electrons. The van der Waals surface area contributed by atoms with E-state index < -0.39 is 0 Å². The molecule has 1 fully saturated rings. The van der Waals surface area contributed by atoms with Crippen molar-refractivity contribution < 1.29 is 14.6 Å². The highest BCUT2D eigenvalue weighted by molar-refractivity contribution is 5.69. The lowest BCUT2D eigenvalue weighted by atomic mass is 9.48. The lowest BCUT2D eigenvalue weighted by molar-refractivity contribution is -0.142. The smallest absolute Gasteiger partial charge is 0.305 e. The van der Waals surface area contributed by atoms with Gasteiger partial charge in [-0.05, 0) is 61.2 Å². The van der Waals surface area contributed by atoms with Crippen LogP contribution in [0.1, 0.15) is 73.1 Å². The van der Waals surface area contributed by atoms with E-state index >= 15 is 0 Å². The van der Waals surface area contributed by atoms with Crippen molar-refractivity contribution in [2.45, 2.75) is 79.2 Å². The molecule has 1 N–H and O–H groups in total. The molecule has 0 aromatic heterocycles. The van der Waals surface area contributed by atoms with Gasteiger partial charge in [-0.15, -0.1) is 12.3 Å². The topological polar surface area (TPSA) is 46.5 Å². The number of hydrogen-bond donors (Lipinski definition) is 1. The highest BCUT2D eigenvalue weighted by Gasteiger charge is 2.53. The number of terminal acetylenes is 1. The maximum absolute atomic E-state index is 11.5. The van der Waals surface area contributed by atoms with Gasteiger partial charge in [0.15, 0.2) is 0 Å². The number of esters is 1. The minimum Gasteiger partial charge on any atom is -0.469 e. The van der Waals surface area contributed by atoms with Crippen LogP contribution in [0.5, 0.6) is 0 Å². The molecular formula is C21H36O3. The van der Waals surface area contributed by atoms with Gasteiger partial charge in [-0.2, -0.15) is 0 Å². The molecular weight excluding hydrogens is 300 g/mol. The first-order chi connectivity index (χ1) is 11.1. The van der Waals surface area contributed by atoms with Gasteiger partial charge in [0, 0.05) is 12.8 Å². The second kappa shape index (κ2) is 8.39. The third-order valence-corrected chi connectivity index (χ3v) is 7.03. The molecule has 0 saturated heterocycles. The lowest BCUT2D eigenvalue weighted by Crippen LogP contribution is -2.52. The highest BCUT2D eigenvalue weighted by atomic mass is 16.5. The molecule has 0 bridgehead atoms. The Morgan fingerprint density at radius 3 is 2.54 bits per heavy atom. The minimum atomic E-state index is -0.366. The van der Waals surface area contributed by atoms with Crippen molar-refractivity contribution in [3.05, 3.63) is 0 Å². The fraction of sp³-hybridized carbons (Fsp3) is 0.857. The van der Waals surface area contributed by atoms with Crippen LogP contribution in [0, 0.1) is 40.9 Å². The molecule has 1 aliphatic rings. The third-order valence-electron chi connectivity index (χ3n) is 7.03. The average Bonchev–Trinajstić information content (AvgIpc) is 2.53. The third kappa shape index (κ3) is 4.33. The summed E-state index contributed by atoms with van der Waals surface area (Å²) in [5.41, 5.74) is -0.0556. The summed E-state index contributed by atoms with van der Waals surface area (Å²) in [5.74, 6) is 3.88. The second-order valence-corrected chi connectivity index (χ2v) is 8.51. The summed E-state index contributed by atoms with van der Waals surface area (Å²) in [6.07, 6.45) is 10.6. The molecule has 1 aliphatic carbocycles.